The zero-order valence-electron chi connectivity index (χ0n) is 18.8. The van der Waals surface area contributed by atoms with Gasteiger partial charge in [0.05, 0.1) is 5.25 Å². The van der Waals surface area contributed by atoms with Crippen molar-refractivity contribution in [1.29, 1.82) is 0 Å². The summed E-state index contributed by atoms with van der Waals surface area (Å²) in [6.45, 7) is 3.55. The molecule has 1 N–H and O–H groups in total. The van der Waals surface area contributed by atoms with Crippen LogP contribution in [0.25, 0.3) is 5.69 Å². The van der Waals surface area contributed by atoms with Gasteiger partial charge in [0.2, 0.25) is 5.91 Å². The first kappa shape index (κ1) is 23.3. The second kappa shape index (κ2) is 10.8. The summed E-state index contributed by atoms with van der Waals surface area (Å²) in [7, 11) is 0. The van der Waals surface area contributed by atoms with E-state index in [2.05, 4.69) is 15.5 Å². The number of nitrogens with one attached hydrogen (secondary N) is 1. The normalized spacial score (nSPS) is 11.6. The Labute approximate surface area is 202 Å². The van der Waals surface area contributed by atoms with Crippen LogP contribution in [0.4, 0.5) is 5.69 Å². The highest BCUT2D eigenvalue weighted by Crippen LogP contribution is 2.27. The molecule has 1 aromatic heterocycles. The van der Waals surface area contributed by atoms with Gasteiger partial charge in [0.25, 0.3) is 0 Å². The minimum Gasteiger partial charge on any atom is -0.486 e. The molecule has 0 radical (unpaired) electrons. The monoisotopic (exact) mass is 472 g/mol. The Morgan fingerprint density at radius 2 is 1.59 bits per heavy atom. The Morgan fingerprint density at radius 1 is 0.941 bits per heavy atom. The molecule has 0 saturated heterocycles. The number of Topliss-reactive ketones (excluding diaryl/α,β-unsaturated/α-hetero) is 1. The lowest BCUT2D eigenvalue weighted by Crippen LogP contribution is -2.23. The molecule has 34 heavy (non-hydrogen) atoms. The number of hydrogen-bond donors (Lipinski definition) is 1. The van der Waals surface area contributed by atoms with Gasteiger partial charge in [-0.2, -0.15) is 0 Å². The maximum atomic E-state index is 12.8. The average Bonchev–Trinajstić information content (AvgIpc) is 3.26. The van der Waals surface area contributed by atoms with Gasteiger partial charge >= 0.3 is 0 Å². The number of aromatic nitrogens is 3. The standard InChI is InChI=1S/C26H24N4O3S/c1-18(31)20-13-15-21(16-14-20)27-25(32)19(2)34-26-29-28-24(17-33-23-11-7-4-8-12-23)30(26)22-9-5-3-6-10-22/h3-16,19H,17H2,1-2H3,(H,27,32)/t19-/m0/s1. The summed E-state index contributed by atoms with van der Waals surface area (Å²) in [6.07, 6.45) is 0. The van der Waals surface area contributed by atoms with E-state index in [4.69, 9.17) is 4.74 Å². The van der Waals surface area contributed by atoms with Crippen LogP contribution < -0.4 is 10.1 Å². The minimum absolute atomic E-state index is 0.0194. The highest BCUT2D eigenvalue weighted by Gasteiger charge is 2.21. The molecule has 1 atom stereocenters. The van der Waals surface area contributed by atoms with Crippen LogP contribution in [-0.4, -0.2) is 31.7 Å². The molecule has 8 heteroatoms. The van der Waals surface area contributed by atoms with Crippen molar-refractivity contribution in [3.8, 4) is 11.4 Å². The number of nitrogens with zero attached hydrogens (tertiary/aromatic N) is 3. The lowest BCUT2D eigenvalue weighted by molar-refractivity contribution is -0.115. The highest BCUT2D eigenvalue weighted by molar-refractivity contribution is 8.00. The van der Waals surface area contributed by atoms with Crippen molar-refractivity contribution < 1.29 is 14.3 Å². The van der Waals surface area contributed by atoms with E-state index >= 15 is 0 Å². The number of carbonyl (C=O) groups is 2. The number of rotatable bonds is 9. The Kier molecular flexibility index (Phi) is 7.39. The van der Waals surface area contributed by atoms with Crippen molar-refractivity contribution in [3.63, 3.8) is 0 Å². The summed E-state index contributed by atoms with van der Waals surface area (Å²) < 4.78 is 7.79. The maximum Gasteiger partial charge on any atom is 0.237 e. The van der Waals surface area contributed by atoms with Crippen molar-refractivity contribution in [1.82, 2.24) is 14.8 Å². The summed E-state index contributed by atoms with van der Waals surface area (Å²) in [4.78, 5) is 24.3. The van der Waals surface area contributed by atoms with Crippen molar-refractivity contribution in [2.75, 3.05) is 5.32 Å². The van der Waals surface area contributed by atoms with Crippen molar-refractivity contribution in [2.45, 2.75) is 30.9 Å². The zero-order valence-corrected chi connectivity index (χ0v) is 19.7. The molecule has 0 spiro atoms. The first-order chi connectivity index (χ1) is 16.5. The SMILES string of the molecule is CC(=O)c1ccc(NC(=O)[C@H](C)Sc2nnc(COc3ccccc3)n2-c2ccccc2)cc1. The largest absolute Gasteiger partial charge is 0.486 e. The van der Waals surface area contributed by atoms with Gasteiger partial charge in [-0.05, 0) is 62.4 Å². The molecule has 0 aliphatic carbocycles. The van der Waals surface area contributed by atoms with Gasteiger partial charge in [0.1, 0.15) is 12.4 Å². The molecule has 0 aliphatic rings. The average molecular weight is 473 g/mol. The van der Waals surface area contributed by atoms with E-state index in [1.54, 1.807) is 24.3 Å². The van der Waals surface area contributed by atoms with E-state index in [0.29, 0.717) is 22.2 Å². The predicted octanol–water partition coefficient (Wildman–Crippen LogP) is 5.17. The number of para-hydroxylation sites is 2. The third kappa shape index (κ3) is 5.71. The molecule has 1 amide bonds. The molecular formula is C26H24N4O3S. The molecule has 4 aromatic rings. The highest BCUT2D eigenvalue weighted by atomic mass is 32.2. The minimum atomic E-state index is -0.443. The Morgan fingerprint density at radius 3 is 2.24 bits per heavy atom. The number of benzene rings is 3. The molecule has 4 rings (SSSR count). The summed E-state index contributed by atoms with van der Waals surface area (Å²) in [5, 5.41) is 11.7. The Hall–Kier alpha value is -3.91. The quantitative estimate of drug-likeness (QED) is 0.267. The van der Waals surface area contributed by atoms with E-state index in [0.717, 1.165) is 11.4 Å². The number of hydrogen-bond acceptors (Lipinski definition) is 6. The molecule has 0 bridgehead atoms. The van der Waals surface area contributed by atoms with Gasteiger partial charge in [0, 0.05) is 16.9 Å². The van der Waals surface area contributed by atoms with Gasteiger partial charge in [-0.3, -0.25) is 14.2 Å². The second-order valence-electron chi connectivity index (χ2n) is 7.55. The molecule has 1 heterocycles. The molecule has 7 nitrogen and oxygen atoms in total. The summed E-state index contributed by atoms with van der Waals surface area (Å²) >= 11 is 1.31. The molecular weight excluding hydrogens is 448 g/mol. The fourth-order valence-electron chi connectivity index (χ4n) is 3.21. The van der Waals surface area contributed by atoms with E-state index in [-0.39, 0.29) is 18.3 Å². The van der Waals surface area contributed by atoms with E-state index in [9.17, 15) is 9.59 Å². The molecule has 0 unspecified atom stereocenters. The fourth-order valence-corrected chi connectivity index (χ4v) is 4.10. The summed E-state index contributed by atoms with van der Waals surface area (Å²) in [5.74, 6) is 1.17. The lowest BCUT2D eigenvalue weighted by Gasteiger charge is -2.14. The van der Waals surface area contributed by atoms with Crippen LogP contribution in [-0.2, 0) is 11.4 Å². The van der Waals surface area contributed by atoms with Crippen LogP contribution in [0.3, 0.4) is 0 Å². The first-order valence-corrected chi connectivity index (χ1v) is 11.7. The topological polar surface area (TPSA) is 86.1 Å². The van der Waals surface area contributed by atoms with Gasteiger partial charge in [-0.25, -0.2) is 0 Å². The van der Waals surface area contributed by atoms with Gasteiger partial charge in [0.15, 0.2) is 16.8 Å². The van der Waals surface area contributed by atoms with Crippen LogP contribution in [0, 0.1) is 0 Å². The van der Waals surface area contributed by atoms with Crippen LogP contribution in [0.1, 0.15) is 30.0 Å². The third-order valence-electron chi connectivity index (χ3n) is 5.04. The molecule has 172 valence electrons. The fraction of sp³-hybridized carbons (Fsp3) is 0.154. The van der Waals surface area contributed by atoms with Crippen LogP contribution in [0.5, 0.6) is 5.75 Å². The van der Waals surface area contributed by atoms with Gasteiger partial charge in [-0.15, -0.1) is 10.2 Å². The number of anilines is 1. The smallest absolute Gasteiger partial charge is 0.237 e. The summed E-state index contributed by atoms with van der Waals surface area (Å²) in [6, 6.07) is 26.1. The molecule has 3 aromatic carbocycles. The van der Waals surface area contributed by atoms with E-state index in [1.807, 2.05) is 72.2 Å². The van der Waals surface area contributed by atoms with Crippen LogP contribution in [0.15, 0.2) is 90.1 Å². The van der Waals surface area contributed by atoms with Crippen molar-refractivity contribution in [3.05, 3.63) is 96.3 Å². The van der Waals surface area contributed by atoms with Gasteiger partial charge in [-0.1, -0.05) is 48.2 Å². The van der Waals surface area contributed by atoms with Crippen LogP contribution in [0.2, 0.25) is 0 Å². The maximum absolute atomic E-state index is 12.8. The first-order valence-electron chi connectivity index (χ1n) is 10.8. The number of thioether (sulfide) groups is 1. The Bertz CT molecular complexity index is 1260. The molecule has 0 aliphatic heterocycles. The van der Waals surface area contributed by atoms with Crippen molar-refractivity contribution in [2.24, 2.45) is 0 Å². The van der Waals surface area contributed by atoms with Gasteiger partial charge < -0.3 is 10.1 Å². The van der Waals surface area contributed by atoms with E-state index in [1.165, 1.54) is 18.7 Å². The number of ether oxygens (including phenoxy) is 1. The molecule has 0 saturated carbocycles. The van der Waals surface area contributed by atoms with E-state index < -0.39 is 5.25 Å². The lowest BCUT2D eigenvalue weighted by atomic mass is 10.1. The number of carbonyl (C=O) groups excluding carboxylic acids is 2. The number of amides is 1. The zero-order chi connectivity index (χ0) is 23.9. The Balaban J connectivity index is 1.50. The third-order valence-corrected chi connectivity index (χ3v) is 6.08. The predicted molar refractivity (Wildman–Crippen MR) is 133 cm³/mol. The summed E-state index contributed by atoms with van der Waals surface area (Å²) in [5.41, 5.74) is 2.11. The second-order valence-corrected chi connectivity index (χ2v) is 8.86. The molecule has 0 fully saturated rings. The number of ketones is 1. The van der Waals surface area contributed by atoms with Crippen molar-refractivity contribution >= 4 is 29.1 Å². The van der Waals surface area contributed by atoms with Crippen LogP contribution >= 0.6 is 11.8 Å².